The van der Waals surface area contributed by atoms with Crippen molar-refractivity contribution < 1.29 is 41.7 Å². The quantitative estimate of drug-likeness (QED) is 0.315. The summed E-state index contributed by atoms with van der Waals surface area (Å²) in [7, 11) is 2.96. The van der Waals surface area contributed by atoms with E-state index in [0.29, 0.717) is 17.1 Å². The number of esters is 1. The van der Waals surface area contributed by atoms with Crippen molar-refractivity contribution in [2.75, 3.05) is 25.7 Å². The molecule has 2 aromatic carbocycles. The second kappa shape index (κ2) is 12.1. The summed E-state index contributed by atoms with van der Waals surface area (Å²) in [5.41, 5.74) is -0.496. The summed E-state index contributed by atoms with van der Waals surface area (Å²) in [6.45, 7) is 1.59. The van der Waals surface area contributed by atoms with Crippen LogP contribution in [-0.4, -0.2) is 43.8 Å². The van der Waals surface area contributed by atoms with E-state index in [2.05, 4.69) is 4.98 Å². The van der Waals surface area contributed by atoms with E-state index in [0.717, 1.165) is 6.20 Å². The van der Waals surface area contributed by atoms with E-state index in [4.69, 9.17) is 30.5 Å². The molecule has 0 aliphatic carbocycles. The van der Waals surface area contributed by atoms with Gasteiger partial charge in [0.2, 0.25) is 0 Å². The first-order chi connectivity index (χ1) is 19.1. The molecule has 1 amide bonds. The van der Waals surface area contributed by atoms with Crippen LogP contribution in [0.3, 0.4) is 0 Å². The first kappa shape index (κ1) is 29.2. The number of ether oxygens (including phenoxy) is 4. The number of nitrogens with zero attached hydrogens (tertiary/aromatic N) is 2. The minimum Gasteiger partial charge on any atom is -0.497 e. The molecule has 0 saturated carbocycles. The number of alkyl halides is 3. The van der Waals surface area contributed by atoms with Crippen LogP contribution in [0.1, 0.15) is 41.8 Å². The fourth-order valence-corrected chi connectivity index (χ4v) is 4.68. The third-order valence-electron chi connectivity index (χ3n) is 6.27. The van der Waals surface area contributed by atoms with Crippen LogP contribution in [0.15, 0.2) is 54.7 Å². The van der Waals surface area contributed by atoms with Crippen LogP contribution in [-0.2, 0) is 31.8 Å². The molecule has 12 heteroatoms. The number of amides is 1. The average molecular weight is 579 g/mol. The van der Waals surface area contributed by atoms with Gasteiger partial charge in [-0.25, -0.2) is 0 Å². The highest BCUT2D eigenvalue weighted by Gasteiger charge is 2.43. The number of halogens is 4. The number of anilines is 1. The Morgan fingerprint density at radius 3 is 2.55 bits per heavy atom. The van der Waals surface area contributed by atoms with E-state index in [1.807, 2.05) is 0 Å². The van der Waals surface area contributed by atoms with Gasteiger partial charge in [-0.1, -0.05) is 17.7 Å². The molecule has 0 fully saturated rings. The number of hydrogen-bond acceptors (Lipinski definition) is 7. The molecule has 212 valence electrons. The second-order valence-corrected chi connectivity index (χ2v) is 9.19. The molecule has 0 spiro atoms. The van der Waals surface area contributed by atoms with Crippen molar-refractivity contribution >= 4 is 29.2 Å². The number of pyridine rings is 1. The normalized spacial score (nSPS) is 17.2. The second-order valence-electron chi connectivity index (χ2n) is 8.76. The zero-order valence-electron chi connectivity index (χ0n) is 21.8. The Morgan fingerprint density at radius 1 is 1.10 bits per heavy atom. The molecular formula is C28H26ClF3N2O6. The predicted molar refractivity (Wildman–Crippen MR) is 139 cm³/mol. The molecule has 0 unspecified atom stereocenters. The number of methoxy groups -OCH3 is 2. The Bertz CT molecular complexity index is 1400. The molecule has 2 heterocycles. The van der Waals surface area contributed by atoms with Crippen LogP contribution in [0.2, 0.25) is 5.02 Å². The number of aromatic nitrogens is 1. The van der Waals surface area contributed by atoms with Crippen LogP contribution in [0, 0.1) is 0 Å². The molecule has 0 saturated heterocycles. The van der Waals surface area contributed by atoms with Crippen molar-refractivity contribution in [2.45, 2.75) is 38.3 Å². The Balaban J connectivity index is 1.91. The highest BCUT2D eigenvalue weighted by molar-refractivity contribution is 6.30. The maximum absolute atomic E-state index is 14.0. The number of carbonyl (C=O) groups is 2. The van der Waals surface area contributed by atoms with Crippen LogP contribution in [0.4, 0.5) is 18.9 Å². The third kappa shape index (κ3) is 6.15. The van der Waals surface area contributed by atoms with Gasteiger partial charge in [0.05, 0.1) is 39.5 Å². The van der Waals surface area contributed by atoms with Crippen molar-refractivity contribution in [3.8, 4) is 11.5 Å². The van der Waals surface area contributed by atoms with Gasteiger partial charge >= 0.3 is 12.1 Å². The van der Waals surface area contributed by atoms with Crippen LogP contribution < -0.4 is 14.4 Å². The number of benzene rings is 2. The van der Waals surface area contributed by atoms with Crippen molar-refractivity contribution in [3.63, 3.8) is 0 Å². The lowest BCUT2D eigenvalue weighted by atomic mass is 9.97. The van der Waals surface area contributed by atoms with Gasteiger partial charge in [-0.15, -0.1) is 0 Å². The van der Waals surface area contributed by atoms with Crippen molar-refractivity contribution in [1.29, 1.82) is 0 Å². The molecule has 0 bridgehead atoms. The smallest absolute Gasteiger partial charge is 0.433 e. The molecule has 1 aliphatic rings. The lowest BCUT2D eigenvalue weighted by Gasteiger charge is -2.26. The van der Waals surface area contributed by atoms with E-state index in [1.165, 1.54) is 49.5 Å². The number of fused-ring (bicyclic) bond motifs is 1. The van der Waals surface area contributed by atoms with E-state index in [1.54, 1.807) is 25.1 Å². The lowest BCUT2D eigenvalue weighted by molar-refractivity contribution is -0.152. The molecular weight excluding hydrogens is 553 g/mol. The third-order valence-corrected chi connectivity index (χ3v) is 6.51. The van der Waals surface area contributed by atoms with Crippen molar-refractivity contribution in [2.24, 2.45) is 0 Å². The number of rotatable bonds is 8. The van der Waals surface area contributed by atoms with Gasteiger partial charge in [0, 0.05) is 34.0 Å². The molecule has 0 N–H and O–H groups in total. The number of hydrogen-bond donors (Lipinski definition) is 0. The van der Waals surface area contributed by atoms with E-state index in [-0.39, 0.29) is 35.0 Å². The van der Waals surface area contributed by atoms with E-state index in [9.17, 15) is 22.8 Å². The van der Waals surface area contributed by atoms with Gasteiger partial charge in [0.1, 0.15) is 23.7 Å². The van der Waals surface area contributed by atoms with Crippen LogP contribution in [0.25, 0.3) is 0 Å². The molecule has 4 rings (SSSR count). The maximum atomic E-state index is 14.0. The van der Waals surface area contributed by atoms with E-state index >= 15 is 0 Å². The Morgan fingerprint density at radius 2 is 1.88 bits per heavy atom. The molecule has 40 heavy (non-hydrogen) atoms. The van der Waals surface area contributed by atoms with Gasteiger partial charge in [-0.3, -0.25) is 14.6 Å². The maximum Gasteiger partial charge on any atom is 0.433 e. The summed E-state index contributed by atoms with van der Waals surface area (Å²) in [4.78, 5) is 31.3. The minimum atomic E-state index is -4.82. The molecule has 3 aromatic rings. The minimum absolute atomic E-state index is 0.0482. The summed E-state index contributed by atoms with van der Waals surface area (Å²) < 4.78 is 63.9. The summed E-state index contributed by atoms with van der Waals surface area (Å²) in [6, 6.07) is 12.1. The molecule has 2 atom stereocenters. The Labute approximate surface area is 233 Å². The van der Waals surface area contributed by atoms with Gasteiger partial charge < -0.3 is 23.8 Å². The topological polar surface area (TPSA) is 87.2 Å². The summed E-state index contributed by atoms with van der Waals surface area (Å²) >= 11 is 6.29. The van der Waals surface area contributed by atoms with Crippen LogP contribution in [0.5, 0.6) is 11.5 Å². The first-order valence-corrected chi connectivity index (χ1v) is 12.6. The SMILES string of the molecule is CCOC(=O)C[C@H]1O[C@H](c2cccnc2C(F)(F)F)c2cc(Cl)ccc2N(Cc2ccc(OC)cc2OC)C1=O. The fraction of sp³-hybridized carbons (Fsp3) is 0.321. The number of carbonyl (C=O) groups excluding carboxylic acids is 2. The Hall–Kier alpha value is -3.83. The van der Waals surface area contributed by atoms with Crippen molar-refractivity contribution in [1.82, 2.24) is 4.98 Å². The largest absolute Gasteiger partial charge is 0.497 e. The van der Waals surface area contributed by atoms with Gasteiger partial charge in [0.15, 0.2) is 5.69 Å². The van der Waals surface area contributed by atoms with Gasteiger partial charge in [-0.05, 0) is 43.3 Å². The van der Waals surface area contributed by atoms with E-state index < -0.39 is 42.4 Å². The standard InChI is InChI=1S/C28H26ClF3N2O6/c1-4-39-24(35)14-23-27(36)34(15-16-7-9-18(37-2)13-22(16)38-3)21-10-8-17(29)12-20(21)25(40-23)19-6-5-11-33-26(19)28(30,31)32/h5-13,23,25H,4,14-15H2,1-3H3/t23-,25-/m1/s1. The zero-order chi connectivity index (χ0) is 29.0. The molecule has 0 radical (unpaired) electrons. The highest BCUT2D eigenvalue weighted by atomic mass is 35.5. The molecule has 1 aromatic heterocycles. The zero-order valence-corrected chi connectivity index (χ0v) is 22.6. The highest BCUT2D eigenvalue weighted by Crippen LogP contribution is 2.44. The first-order valence-electron chi connectivity index (χ1n) is 12.2. The van der Waals surface area contributed by atoms with Crippen LogP contribution >= 0.6 is 11.6 Å². The van der Waals surface area contributed by atoms with Gasteiger partial charge in [-0.2, -0.15) is 13.2 Å². The summed E-state index contributed by atoms with van der Waals surface area (Å²) in [5, 5.41) is 0.211. The summed E-state index contributed by atoms with van der Waals surface area (Å²) in [6.07, 6.45) is -7.25. The Kier molecular flexibility index (Phi) is 8.85. The molecule has 8 nitrogen and oxygen atoms in total. The monoisotopic (exact) mass is 578 g/mol. The predicted octanol–water partition coefficient (Wildman–Crippen LogP) is 5.75. The average Bonchev–Trinajstić information content (AvgIpc) is 3.03. The fourth-order valence-electron chi connectivity index (χ4n) is 4.50. The van der Waals surface area contributed by atoms with Crippen molar-refractivity contribution in [3.05, 3.63) is 82.1 Å². The lowest BCUT2D eigenvalue weighted by Crippen LogP contribution is -2.40. The molecule has 1 aliphatic heterocycles. The summed E-state index contributed by atoms with van der Waals surface area (Å²) in [5.74, 6) is -0.463. The van der Waals surface area contributed by atoms with Gasteiger partial charge in [0.25, 0.3) is 5.91 Å².